The highest BCUT2D eigenvalue weighted by atomic mass is 32.1. The molecule has 2 aromatic heterocycles. The van der Waals surface area contributed by atoms with Gasteiger partial charge >= 0.3 is 6.18 Å². The van der Waals surface area contributed by atoms with Crippen LogP contribution in [0.1, 0.15) is 11.4 Å². The summed E-state index contributed by atoms with van der Waals surface area (Å²) >= 11 is 0.828. The summed E-state index contributed by atoms with van der Waals surface area (Å²) in [5, 5.41) is 11.3. The van der Waals surface area contributed by atoms with Crippen molar-refractivity contribution < 1.29 is 18.1 Å². The summed E-state index contributed by atoms with van der Waals surface area (Å²) in [6, 6.07) is 10.8. The molecule has 0 aliphatic carbocycles. The Labute approximate surface area is 187 Å². The second-order valence-electron chi connectivity index (χ2n) is 7.43. The molecular weight excluding hydrogens is 459 g/mol. The van der Waals surface area contributed by atoms with E-state index in [1.807, 2.05) is 34.9 Å². The van der Waals surface area contributed by atoms with Crippen molar-refractivity contribution in [3.63, 3.8) is 0 Å². The Bertz CT molecular complexity index is 1450. The lowest BCUT2D eigenvalue weighted by atomic mass is 10.1. The number of nitrogens with zero attached hydrogens (tertiary/aromatic N) is 5. The van der Waals surface area contributed by atoms with Gasteiger partial charge < -0.3 is 9.47 Å². The zero-order valence-electron chi connectivity index (χ0n) is 16.7. The van der Waals surface area contributed by atoms with Crippen molar-refractivity contribution in [1.29, 1.82) is 0 Å². The maximum Gasteiger partial charge on any atom is 0.416 e. The second-order valence-corrected chi connectivity index (χ2v) is 8.40. The number of benzene rings is 2. The van der Waals surface area contributed by atoms with Gasteiger partial charge in [0.15, 0.2) is 5.13 Å². The van der Waals surface area contributed by atoms with E-state index in [1.165, 1.54) is 0 Å². The topological polar surface area (TPSA) is 94.2 Å². The summed E-state index contributed by atoms with van der Waals surface area (Å²) < 4.78 is 41.4. The number of alkyl halides is 3. The number of fused-ring (bicyclic) bond motifs is 2. The molecule has 0 saturated heterocycles. The predicted octanol–water partition coefficient (Wildman–Crippen LogP) is 4.47. The minimum Gasteiger partial charge on any atom is -0.339 e. The van der Waals surface area contributed by atoms with E-state index in [4.69, 9.17) is 0 Å². The van der Waals surface area contributed by atoms with Gasteiger partial charge in [-0.25, -0.2) is 4.98 Å². The zero-order chi connectivity index (χ0) is 23.3. The van der Waals surface area contributed by atoms with Crippen LogP contribution < -0.4 is 10.5 Å². The van der Waals surface area contributed by atoms with Gasteiger partial charge in [0.2, 0.25) is 0 Å². The Hall–Kier alpha value is -3.80. The average molecular weight is 473 g/mol. The Balaban J connectivity index is 1.55. The first-order valence-electron chi connectivity index (χ1n) is 9.77. The van der Waals surface area contributed by atoms with Crippen LogP contribution in [-0.4, -0.2) is 26.0 Å². The predicted molar refractivity (Wildman–Crippen MR) is 116 cm³/mol. The van der Waals surface area contributed by atoms with Crippen LogP contribution in [0.5, 0.6) is 0 Å². The molecule has 0 atom stereocenters. The number of nitro groups is 1. The van der Waals surface area contributed by atoms with Crippen LogP contribution in [0.4, 0.5) is 24.0 Å². The number of aromatic nitrogens is 3. The fraction of sp³-hybridized carbons (Fsp3) is 0.190. The molecule has 5 rings (SSSR count). The summed E-state index contributed by atoms with van der Waals surface area (Å²) in [5.41, 5.74) is -1.01. The molecule has 0 bridgehead atoms. The Morgan fingerprint density at radius 3 is 2.58 bits per heavy atom. The number of non-ortho nitro benzene ring substituents is 1. The van der Waals surface area contributed by atoms with Crippen molar-refractivity contribution >= 4 is 32.2 Å². The molecule has 12 heteroatoms. The molecule has 168 valence electrons. The molecule has 8 nitrogen and oxygen atoms in total. The fourth-order valence-corrected chi connectivity index (χ4v) is 4.93. The second kappa shape index (κ2) is 7.66. The first-order valence-corrected chi connectivity index (χ1v) is 10.6. The number of anilines is 1. The van der Waals surface area contributed by atoms with Gasteiger partial charge in [0.05, 0.1) is 34.3 Å². The number of nitro benzene ring substituents is 1. The molecule has 0 radical (unpaired) electrons. The molecule has 0 N–H and O–H groups in total. The van der Waals surface area contributed by atoms with Crippen molar-refractivity contribution in [3.05, 3.63) is 80.5 Å². The maximum atomic E-state index is 13.2. The SMILES string of the molecule is O=c1nc(N2CCn3c(-c4ccccc4)cnc3C2)sc2c([N+](=O)[O-])cc(C(F)(F)F)cc12. The molecule has 0 spiro atoms. The highest BCUT2D eigenvalue weighted by Gasteiger charge is 2.34. The molecule has 2 aromatic carbocycles. The van der Waals surface area contributed by atoms with E-state index in [-0.39, 0.29) is 9.83 Å². The van der Waals surface area contributed by atoms with Crippen LogP contribution in [0.2, 0.25) is 0 Å². The lowest BCUT2D eigenvalue weighted by Crippen LogP contribution is -2.35. The smallest absolute Gasteiger partial charge is 0.339 e. The largest absolute Gasteiger partial charge is 0.416 e. The quantitative estimate of drug-likeness (QED) is 0.322. The molecule has 0 saturated carbocycles. The highest BCUT2D eigenvalue weighted by Crippen LogP contribution is 2.38. The van der Waals surface area contributed by atoms with Gasteiger partial charge in [0.25, 0.3) is 11.2 Å². The first-order chi connectivity index (χ1) is 15.7. The number of hydrogen-bond donors (Lipinski definition) is 0. The van der Waals surface area contributed by atoms with Gasteiger partial charge in [-0.3, -0.25) is 14.9 Å². The van der Waals surface area contributed by atoms with E-state index in [2.05, 4.69) is 9.97 Å². The maximum absolute atomic E-state index is 13.2. The van der Waals surface area contributed by atoms with E-state index >= 15 is 0 Å². The molecule has 0 amide bonds. The monoisotopic (exact) mass is 473 g/mol. The van der Waals surface area contributed by atoms with Crippen LogP contribution in [0.15, 0.2) is 53.5 Å². The zero-order valence-corrected chi connectivity index (χ0v) is 17.6. The number of rotatable bonds is 3. The van der Waals surface area contributed by atoms with Gasteiger partial charge in [-0.2, -0.15) is 18.2 Å². The van der Waals surface area contributed by atoms with E-state index in [9.17, 15) is 28.1 Å². The normalized spacial score (nSPS) is 13.8. The minimum absolute atomic E-state index is 0.137. The van der Waals surface area contributed by atoms with Crippen molar-refractivity contribution in [2.24, 2.45) is 0 Å². The Morgan fingerprint density at radius 2 is 1.88 bits per heavy atom. The molecule has 1 aliphatic heterocycles. The van der Waals surface area contributed by atoms with Crippen LogP contribution in [0.25, 0.3) is 21.3 Å². The standard InChI is InChI=1S/C21H14F3N5O3S/c22-21(23,24)13-8-14-18(15(9-13)29(31)32)33-20(26-19(14)30)27-6-7-28-16(10-25-17(28)11-27)12-4-2-1-3-5-12/h1-5,8-10H,6-7,11H2. The van der Waals surface area contributed by atoms with Crippen molar-refractivity contribution in [2.75, 3.05) is 11.4 Å². The van der Waals surface area contributed by atoms with Gasteiger partial charge in [-0.15, -0.1) is 0 Å². The molecule has 33 heavy (non-hydrogen) atoms. The third-order valence-electron chi connectivity index (χ3n) is 5.42. The van der Waals surface area contributed by atoms with Crippen LogP contribution in [-0.2, 0) is 19.3 Å². The molecular formula is C21H14F3N5O3S. The summed E-state index contributed by atoms with van der Waals surface area (Å²) in [6.07, 6.45) is -3.07. The van der Waals surface area contributed by atoms with E-state index in [0.717, 1.165) is 28.4 Å². The lowest BCUT2D eigenvalue weighted by Gasteiger charge is -2.28. The Morgan fingerprint density at radius 1 is 1.12 bits per heavy atom. The van der Waals surface area contributed by atoms with E-state index in [0.29, 0.717) is 31.8 Å². The van der Waals surface area contributed by atoms with Crippen molar-refractivity contribution in [2.45, 2.75) is 19.3 Å². The average Bonchev–Trinajstić information content (AvgIpc) is 3.21. The van der Waals surface area contributed by atoms with Gasteiger partial charge in [-0.1, -0.05) is 41.7 Å². The molecule has 0 unspecified atom stereocenters. The summed E-state index contributed by atoms with van der Waals surface area (Å²) in [6.45, 7) is 1.29. The lowest BCUT2D eigenvalue weighted by molar-refractivity contribution is -0.383. The van der Waals surface area contributed by atoms with Crippen LogP contribution in [0, 0.1) is 10.1 Å². The molecule has 4 aromatic rings. The van der Waals surface area contributed by atoms with E-state index < -0.39 is 33.3 Å². The van der Waals surface area contributed by atoms with Gasteiger partial charge in [0, 0.05) is 19.2 Å². The first kappa shape index (κ1) is 21.1. The molecule has 1 aliphatic rings. The van der Waals surface area contributed by atoms with Gasteiger partial charge in [-0.05, 0) is 11.6 Å². The third-order valence-corrected chi connectivity index (χ3v) is 6.58. The summed E-state index contributed by atoms with van der Waals surface area (Å²) in [4.78, 5) is 33.3. The molecule has 0 fully saturated rings. The number of halogens is 3. The Kier molecular flexibility index (Phi) is 4.89. The number of imidazole rings is 1. The van der Waals surface area contributed by atoms with Crippen LogP contribution in [0.3, 0.4) is 0 Å². The molecule has 3 heterocycles. The summed E-state index contributed by atoms with van der Waals surface area (Å²) in [7, 11) is 0. The van der Waals surface area contributed by atoms with Crippen molar-refractivity contribution in [3.8, 4) is 11.3 Å². The summed E-state index contributed by atoms with van der Waals surface area (Å²) in [5.74, 6) is 0.726. The minimum atomic E-state index is -4.82. The fourth-order valence-electron chi connectivity index (χ4n) is 3.84. The highest BCUT2D eigenvalue weighted by molar-refractivity contribution is 7.22. The van der Waals surface area contributed by atoms with Crippen molar-refractivity contribution in [1.82, 2.24) is 14.5 Å². The third kappa shape index (κ3) is 3.71. The van der Waals surface area contributed by atoms with Gasteiger partial charge in [0.1, 0.15) is 10.5 Å². The van der Waals surface area contributed by atoms with Crippen LogP contribution >= 0.6 is 11.3 Å². The number of hydrogen-bond acceptors (Lipinski definition) is 7. The van der Waals surface area contributed by atoms with E-state index in [1.54, 1.807) is 11.1 Å².